The van der Waals surface area contributed by atoms with Crippen LogP contribution in [0.4, 0.5) is 0 Å². The van der Waals surface area contributed by atoms with Gasteiger partial charge in [-0.05, 0) is 41.9 Å². The van der Waals surface area contributed by atoms with Gasteiger partial charge in [0.1, 0.15) is 5.25 Å². The molecule has 3 nitrogen and oxygen atoms in total. The van der Waals surface area contributed by atoms with E-state index in [-0.39, 0.29) is 5.41 Å². The first-order chi connectivity index (χ1) is 11.0. The molecule has 0 saturated heterocycles. The van der Waals surface area contributed by atoms with Gasteiger partial charge in [0.2, 0.25) is 0 Å². The van der Waals surface area contributed by atoms with E-state index in [9.17, 15) is 13.0 Å². The smallest absolute Gasteiger partial charge is 0.271 e. The Morgan fingerprint density at radius 1 is 1.00 bits per heavy atom. The Hall–Kier alpha value is -0.350. The fourth-order valence-corrected chi connectivity index (χ4v) is 4.88. The van der Waals surface area contributed by atoms with Gasteiger partial charge >= 0.3 is 0 Å². The molecule has 1 rings (SSSR count). The molecule has 3 atom stereocenters. The molecular weight excluding hydrogens is 320 g/mol. The molecular formula is C20H38O3S. The monoisotopic (exact) mass is 358 g/mol. The third-order valence-electron chi connectivity index (χ3n) is 7.19. The van der Waals surface area contributed by atoms with Crippen molar-refractivity contribution in [3.8, 4) is 0 Å². The molecule has 24 heavy (non-hydrogen) atoms. The Kier molecular flexibility index (Phi) is 7.55. The molecule has 0 aliphatic heterocycles. The summed E-state index contributed by atoms with van der Waals surface area (Å²) in [5.41, 5.74) is 0.607. The van der Waals surface area contributed by atoms with E-state index in [2.05, 4.69) is 47.6 Å². The molecule has 0 saturated carbocycles. The third-order valence-corrected chi connectivity index (χ3v) is 8.35. The zero-order valence-corrected chi connectivity index (χ0v) is 17.3. The second-order valence-corrected chi connectivity index (χ2v) is 10.0. The highest BCUT2D eigenvalue weighted by Gasteiger charge is 2.41. The summed E-state index contributed by atoms with van der Waals surface area (Å²) in [6.07, 6.45) is 11.0. The fraction of sp³-hybridized carbons (Fsp3) is 0.900. The van der Waals surface area contributed by atoms with Crippen LogP contribution in [0.2, 0.25) is 0 Å². The number of rotatable bonds is 9. The van der Waals surface area contributed by atoms with E-state index in [0.29, 0.717) is 23.7 Å². The van der Waals surface area contributed by atoms with Crippen LogP contribution in [0, 0.1) is 22.7 Å². The van der Waals surface area contributed by atoms with Crippen molar-refractivity contribution in [2.45, 2.75) is 91.7 Å². The van der Waals surface area contributed by atoms with Crippen molar-refractivity contribution in [1.82, 2.24) is 0 Å². The Morgan fingerprint density at radius 2 is 1.54 bits per heavy atom. The van der Waals surface area contributed by atoms with Crippen molar-refractivity contribution in [3.63, 3.8) is 0 Å². The highest BCUT2D eigenvalue weighted by atomic mass is 32.2. The van der Waals surface area contributed by atoms with E-state index in [0.717, 1.165) is 19.3 Å². The van der Waals surface area contributed by atoms with Crippen LogP contribution < -0.4 is 0 Å². The third kappa shape index (κ3) is 5.08. The molecule has 0 aromatic carbocycles. The SMILES string of the molecule is CCC(C)(CC)CC(C1C=CC(S(=O)(=O)O)CC1)C(C)(CC)CC. The van der Waals surface area contributed by atoms with Gasteiger partial charge in [0.15, 0.2) is 0 Å². The Labute approximate surface area is 150 Å². The van der Waals surface area contributed by atoms with E-state index in [1.54, 1.807) is 6.08 Å². The molecule has 0 heterocycles. The van der Waals surface area contributed by atoms with Gasteiger partial charge in [-0.1, -0.05) is 79.4 Å². The van der Waals surface area contributed by atoms with Crippen LogP contribution in [0.1, 0.15) is 86.5 Å². The normalized spacial score (nSPS) is 24.1. The molecule has 0 spiro atoms. The minimum atomic E-state index is -3.95. The summed E-state index contributed by atoms with van der Waals surface area (Å²) in [6.45, 7) is 13.9. The predicted octanol–water partition coefficient (Wildman–Crippen LogP) is 5.87. The van der Waals surface area contributed by atoms with Crippen LogP contribution in [0.5, 0.6) is 0 Å². The van der Waals surface area contributed by atoms with Gasteiger partial charge in [0.05, 0.1) is 0 Å². The van der Waals surface area contributed by atoms with E-state index in [4.69, 9.17) is 0 Å². The van der Waals surface area contributed by atoms with Gasteiger partial charge in [-0.2, -0.15) is 8.42 Å². The summed E-state index contributed by atoms with van der Waals surface area (Å²) >= 11 is 0. The topological polar surface area (TPSA) is 54.4 Å². The molecule has 1 aliphatic rings. The lowest BCUT2D eigenvalue weighted by molar-refractivity contribution is 0.0613. The van der Waals surface area contributed by atoms with Crippen molar-refractivity contribution in [2.75, 3.05) is 0 Å². The molecule has 0 aromatic rings. The summed E-state index contributed by atoms with van der Waals surface area (Å²) < 4.78 is 32.1. The summed E-state index contributed by atoms with van der Waals surface area (Å²) in [5, 5.41) is -0.715. The first kappa shape index (κ1) is 21.7. The largest absolute Gasteiger partial charge is 0.285 e. The fourth-order valence-electron chi connectivity index (χ4n) is 4.16. The van der Waals surface area contributed by atoms with Gasteiger partial charge in [-0.25, -0.2) is 0 Å². The highest BCUT2D eigenvalue weighted by molar-refractivity contribution is 7.86. The predicted molar refractivity (Wildman–Crippen MR) is 103 cm³/mol. The van der Waals surface area contributed by atoms with Gasteiger partial charge in [0, 0.05) is 0 Å². The average Bonchev–Trinajstić information content (AvgIpc) is 2.58. The van der Waals surface area contributed by atoms with E-state index < -0.39 is 15.4 Å². The van der Waals surface area contributed by atoms with Crippen LogP contribution >= 0.6 is 0 Å². The lowest BCUT2D eigenvalue weighted by Crippen LogP contribution is -2.37. The Balaban J connectivity index is 3.11. The number of hydrogen-bond donors (Lipinski definition) is 1. The van der Waals surface area contributed by atoms with Gasteiger partial charge < -0.3 is 0 Å². The van der Waals surface area contributed by atoms with Crippen LogP contribution in [-0.2, 0) is 10.1 Å². The molecule has 0 bridgehead atoms. The summed E-state index contributed by atoms with van der Waals surface area (Å²) in [6, 6.07) is 0. The summed E-state index contributed by atoms with van der Waals surface area (Å²) in [5.74, 6) is 0.960. The number of allylic oxidation sites excluding steroid dienone is 1. The molecule has 0 fully saturated rings. The van der Waals surface area contributed by atoms with Crippen LogP contribution in [0.15, 0.2) is 12.2 Å². The second-order valence-electron chi connectivity index (χ2n) is 8.37. The molecule has 1 N–H and O–H groups in total. The van der Waals surface area contributed by atoms with Crippen molar-refractivity contribution < 1.29 is 13.0 Å². The Bertz CT molecular complexity index is 513. The van der Waals surface area contributed by atoms with Crippen LogP contribution in [0.3, 0.4) is 0 Å². The van der Waals surface area contributed by atoms with E-state index in [1.165, 1.54) is 19.3 Å². The lowest BCUT2D eigenvalue weighted by Gasteiger charge is -2.46. The molecule has 4 heteroatoms. The first-order valence-corrected chi connectivity index (χ1v) is 11.2. The molecule has 0 radical (unpaired) electrons. The molecule has 0 aromatic heterocycles. The minimum absolute atomic E-state index is 0.269. The average molecular weight is 359 g/mol. The maximum absolute atomic E-state index is 11.4. The van der Waals surface area contributed by atoms with Gasteiger partial charge in [-0.15, -0.1) is 0 Å². The maximum Gasteiger partial charge on any atom is 0.271 e. The standard InChI is InChI=1S/C20H38O3S/c1-7-19(5,8-2)15-18(20(6,9-3)10-4)16-11-13-17(14-12-16)24(21,22)23/h11,13,16-18H,7-10,12,14-15H2,1-6H3,(H,21,22,23). The van der Waals surface area contributed by atoms with Crippen molar-refractivity contribution in [2.24, 2.45) is 22.7 Å². The molecule has 3 unspecified atom stereocenters. The minimum Gasteiger partial charge on any atom is -0.285 e. The van der Waals surface area contributed by atoms with Gasteiger partial charge in [-0.3, -0.25) is 4.55 Å². The van der Waals surface area contributed by atoms with Crippen LogP contribution in [0.25, 0.3) is 0 Å². The molecule has 142 valence electrons. The molecule has 0 amide bonds. The Morgan fingerprint density at radius 3 is 1.88 bits per heavy atom. The maximum atomic E-state index is 11.4. The van der Waals surface area contributed by atoms with Crippen LogP contribution in [-0.4, -0.2) is 18.2 Å². The summed E-state index contributed by atoms with van der Waals surface area (Å²) in [7, 11) is -3.95. The van der Waals surface area contributed by atoms with E-state index in [1.807, 2.05) is 0 Å². The van der Waals surface area contributed by atoms with Crippen molar-refractivity contribution in [1.29, 1.82) is 0 Å². The van der Waals surface area contributed by atoms with Gasteiger partial charge in [0.25, 0.3) is 10.1 Å². The first-order valence-electron chi connectivity index (χ1n) is 9.69. The van der Waals surface area contributed by atoms with Crippen molar-refractivity contribution >= 4 is 10.1 Å². The lowest BCUT2D eigenvalue weighted by atomic mass is 9.59. The van der Waals surface area contributed by atoms with E-state index >= 15 is 0 Å². The zero-order chi connectivity index (χ0) is 18.6. The number of hydrogen-bond acceptors (Lipinski definition) is 2. The highest BCUT2D eigenvalue weighted by Crippen LogP contribution is 2.49. The summed E-state index contributed by atoms with van der Waals surface area (Å²) in [4.78, 5) is 0. The second kappa shape index (κ2) is 8.35. The van der Waals surface area contributed by atoms with Crippen molar-refractivity contribution in [3.05, 3.63) is 12.2 Å². The quantitative estimate of drug-likeness (QED) is 0.414. The zero-order valence-electron chi connectivity index (χ0n) is 16.5. The molecule has 1 aliphatic carbocycles.